The van der Waals surface area contributed by atoms with Crippen molar-refractivity contribution in [3.05, 3.63) is 46.7 Å². The van der Waals surface area contributed by atoms with Crippen LogP contribution < -0.4 is 15.4 Å². The zero-order valence-electron chi connectivity index (χ0n) is 13.0. The molecule has 4 nitrogen and oxygen atoms in total. The summed E-state index contributed by atoms with van der Waals surface area (Å²) < 4.78 is 5.14. The van der Waals surface area contributed by atoms with Crippen molar-refractivity contribution in [3.63, 3.8) is 0 Å². The van der Waals surface area contributed by atoms with Crippen molar-refractivity contribution in [1.29, 1.82) is 0 Å². The summed E-state index contributed by atoms with van der Waals surface area (Å²) in [6.45, 7) is 0.759. The van der Waals surface area contributed by atoms with Gasteiger partial charge in [0.05, 0.1) is 13.2 Å². The van der Waals surface area contributed by atoms with Crippen LogP contribution in [0.2, 0.25) is 0 Å². The van der Waals surface area contributed by atoms with E-state index in [9.17, 15) is 0 Å². The molecule has 0 fully saturated rings. The Balaban J connectivity index is 1.88. The van der Waals surface area contributed by atoms with Crippen LogP contribution in [-0.4, -0.2) is 37.8 Å². The Hall–Kier alpha value is -1.63. The standard InChI is InChI=1S/C16H21N3OS2/c1-19(2)14(15-5-4-10-22-15)11-17-16(21)18-12-6-8-13(20-3)9-7-12/h4-10,14H,11H2,1-3H3,(H2,17,18,21)/t14-/m0/s1. The third-order valence-corrected chi connectivity index (χ3v) is 4.52. The van der Waals surface area contributed by atoms with Crippen molar-refractivity contribution in [1.82, 2.24) is 10.2 Å². The fraction of sp³-hybridized carbons (Fsp3) is 0.312. The average molecular weight is 335 g/mol. The van der Waals surface area contributed by atoms with E-state index in [1.54, 1.807) is 18.4 Å². The summed E-state index contributed by atoms with van der Waals surface area (Å²) in [4.78, 5) is 3.51. The molecule has 0 saturated carbocycles. The minimum Gasteiger partial charge on any atom is -0.497 e. The van der Waals surface area contributed by atoms with Crippen LogP contribution in [0.4, 0.5) is 5.69 Å². The zero-order valence-corrected chi connectivity index (χ0v) is 14.6. The van der Waals surface area contributed by atoms with Crippen LogP contribution in [0, 0.1) is 0 Å². The number of likely N-dealkylation sites (N-methyl/N-ethyl adjacent to an activating group) is 1. The molecular formula is C16H21N3OS2. The van der Waals surface area contributed by atoms with Crippen molar-refractivity contribution >= 4 is 34.4 Å². The van der Waals surface area contributed by atoms with Crippen LogP contribution in [0.25, 0.3) is 0 Å². The number of ether oxygens (including phenoxy) is 1. The Morgan fingerprint density at radius 1 is 1.27 bits per heavy atom. The molecule has 0 aliphatic carbocycles. The minimum absolute atomic E-state index is 0.301. The molecule has 0 unspecified atom stereocenters. The maximum Gasteiger partial charge on any atom is 0.170 e. The molecule has 0 saturated heterocycles. The van der Waals surface area contributed by atoms with E-state index in [1.165, 1.54) is 4.88 Å². The van der Waals surface area contributed by atoms with Gasteiger partial charge in [-0.1, -0.05) is 6.07 Å². The highest BCUT2D eigenvalue weighted by molar-refractivity contribution is 7.80. The molecule has 0 amide bonds. The van der Waals surface area contributed by atoms with Crippen LogP contribution in [0.3, 0.4) is 0 Å². The third kappa shape index (κ3) is 4.69. The first kappa shape index (κ1) is 16.7. The smallest absolute Gasteiger partial charge is 0.170 e. The lowest BCUT2D eigenvalue weighted by Crippen LogP contribution is -2.36. The van der Waals surface area contributed by atoms with Crippen LogP contribution >= 0.6 is 23.6 Å². The van der Waals surface area contributed by atoms with E-state index in [2.05, 4.69) is 47.1 Å². The fourth-order valence-corrected chi connectivity index (χ4v) is 3.18. The maximum absolute atomic E-state index is 5.36. The minimum atomic E-state index is 0.301. The Kier molecular flexibility index (Phi) is 6.18. The van der Waals surface area contributed by atoms with Crippen molar-refractivity contribution in [2.45, 2.75) is 6.04 Å². The molecule has 1 aromatic heterocycles. The highest BCUT2D eigenvalue weighted by Gasteiger charge is 2.15. The molecule has 22 heavy (non-hydrogen) atoms. The first-order valence-corrected chi connectivity index (χ1v) is 8.27. The lowest BCUT2D eigenvalue weighted by Gasteiger charge is -2.24. The number of methoxy groups -OCH3 is 1. The van der Waals surface area contributed by atoms with Gasteiger partial charge in [-0.25, -0.2) is 0 Å². The predicted octanol–water partition coefficient (Wildman–Crippen LogP) is 3.35. The summed E-state index contributed by atoms with van der Waals surface area (Å²) in [7, 11) is 5.80. The van der Waals surface area contributed by atoms with Gasteiger partial charge in [0.15, 0.2) is 5.11 Å². The molecule has 2 rings (SSSR count). The van der Waals surface area contributed by atoms with Gasteiger partial charge in [0, 0.05) is 17.1 Å². The molecule has 0 aliphatic heterocycles. The number of hydrogen-bond donors (Lipinski definition) is 2. The summed E-state index contributed by atoms with van der Waals surface area (Å²) in [6, 6.07) is 12.2. The number of nitrogens with zero attached hydrogens (tertiary/aromatic N) is 1. The van der Waals surface area contributed by atoms with Crippen LogP contribution in [0.15, 0.2) is 41.8 Å². The quantitative estimate of drug-likeness (QED) is 0.792. The van der Waals surface area contributed by atoms with Crippen LogP contribution in [0.1, 0.15) is 10.9 Å². The Morgan fingerprint density at radius 3 is 2.55 bits per heavy atom. The number of nitrogens with one attached hydrogen (secondary N) is 2. The second-order valence-corrected chi connectivity index (χ2v) is 6.45. The first-order chi connectivity index (χ1) is 10.6. The normalized spacial score (nSPS) is 12.0. The fourth-order valence-electron chi connectivity index (χ4n) is 2.06. The molecule has 0 bridgehead atoms. The molecule has 1 heterocycles. The van der Waals surface area contributed by atoms with Gasteiger partial charge in [-0.05, 0) is 62.0 Å². The SMILES string of the molecule is COc1ccc(NC(=S)NC[C@@H](c2cccs2)N(C)C)cc1. The van der Waals surface area contributed by atoms with Gasteiger partial charge in [-0.3, -0.25) is 0 Å². The number of anilines is 1. The molecule has 118 valence electrons. The third-order valence-electron chi connectivity index (χ3n) is 3.30. The zero-order chi connectivity index (χ0) is 15.9. The maximum atomic E-state index is 5.36. The topological polar surface area (TPSA) is 36.5 Å². The van der Waals surface area contributed by atoms with E-state index in [0.29, 0.717) is 11.2 Å². The van der Waals surface area contributed by atoms with Crippen molar-refractivity contribution in [2.24, 2.45) is 0 Å². The van der Waals surface area contributed by atoms with Crippen LogP contribution in [0.5, 0.6) is 5.75 Å². The number of hydrogen-bond acceptors (Lipinski definition) is 4. The highest BCUT2D eigenvalue weighted by Crippen LogP contribution is 2.22. The van der Waals surface area contributed by atoms with Gasteiger partial charge in [0.2, 0.25) is 0 Å². The molecular weight excluding hydrogens is 314 g/mol. The summed E-state index contributed by atoms with van der Waals surface area (Å²) in [5, 5.41) is 9.18. The Bertz CT molecular complexity index is 582. The van der Waals surface area contributed by atoms with E-state index in [-0.39, 0.29) is 0 Å². The summed E-state index contributed by atoms with van der Waals surface area (Å²) in [6.07, 6.45) is 0. The average Bonchev–Trinajstić information content (AvgIpc) is 3.02. The first-order valence-electron chi connectivity index (χ1n) is 6.99. The molecule has 2 N–H and O–H groups in total. The second-order valence-electron chi connectivity index (χ2n) is 5.06. The number of rotatable bonds is 6. The molecule has 0 spiro atoms. The van der Waals surface area contributed by atoms with Crippen molar-refractivity contribution < 1.29 is 4.74 Å². The van der Waals surface area contributed by atoms with Crippen LogP contribution in [-0.2, 0) is 0 Å². The number of benzene rings is 1. The predicted molar refractivity (Wildman–Crippen MR) is 98.0 cm³/mol. The second kappa shape index (κ2) is 8.12. The Labute approximate surface area is 141 Å². The largest absolute Gasteiger partial charge is 0.497 e. The van der Waals surface area contributed by atoms with Gasteiger partial charge in [0.1, 0.15) is 5.75 Å². The number of thiophene rings is 1. The van der Waals surface area contributed by atoms with E-state index in [4.69, 9.17) is 17.0 Å². The monoisotopic (exact) mass is 335 g/mol. The molecule has 1 aromatic carbocycles. The lowest BCUT2D eigenvalue weighted by atomic mass is 10.2. The highest BCUT2D eigenvalue weighted by atomic mass is 32.1. The van der Waals surface area contributed by atoms with Gasteiger partial charge < -0.3 is 20.3 Å². The van der Waals surface area contributed by atoms with E-state index in [1.807, 2.05) is 24.3 Å². The van der Waals surface area contributed by atoms with Crippen molar-refractivity contribution in [2.75, 3.05) is 33.1 Å². The molecule has 6 heteroatoms. The number of thiocarbonyl (C=S) groups is 1. The lowest BCUT2D eigenvalue weighted by molar-refractivity contribution is 0.303. The van der Waals surface area contributed by atoms with E-state index < -0.39 is 0 Å². The molecule has 1 atom stereocenters. The molecule has 0 radical (unpaired) electrons. The van der Waals surface area contributed by atoms with E-state index >= 15 is 0 Å². The van der Waals surface area contributed by atoms with Gasteiger partial charge in [-0.15, -0.1) is 11.3 Å². The van der Waals surface area contributed by atoms with E-state index in [0.717, 1.165) is 18.0 Å². The summed E-state index contributed by atoms with van der Waals surface area (Å²) >= 11 is 7.12. The van der Waals surface area contributed by atoms with Gasteiger partial charge >= 0.3 is 0 Å². The van der Waals surface area contributed by atoms with Crippen molar-refractivity contribution in [3.8, 4) is 5.75 Å². The summed E-state index contributed by atoms with van der Waals surface area (Å²) in [5.41, 5.74) is 0.941. The Morgan fingerprint density at radius 2 is 2.00 bits per heavy atom. The molecule has 0 aliphatic rings. The summed E-state index contributed by atoms with van der Waals surface area (Å²) in [5.74, 6) is 0.829. The van der Waals surface area contributed by atoms with Gasteiger partial charge in [0.25, 0.3) is 0 Å². The molecule has 2 aromatic rings. The van der Waals surface area contributed by atoms with Gasteiger partial charge in [-0.2, -0.15) is 0 Å².